The molecule has 0 atom stereocenters. The molecule has 1 N–H and O–H groups in total. The Morgan fingerprint density at radius 2 is 1.40 bits per heavy atom. The quantitative estimate of drug-likeness (QED) is 0.739. The number of aliphatic carboxylic acids is 1. The molecule has 0 aliphatic heterocycles. The van der Waals surface area contributed by atoms with Gasteiger partial charge >= 0.3 is 5.97 Å². The minimum Gasteiger partial charge on any atom is -0.481 e. The Morgan fingerprint density at radius 1 is 1.07 bits per heavy atom. The van der Waals surface area contributed by atoms with E-state index in [1.54, 1.807) is 6.92 Å². The van der Waals surface area contributed by atoms with Crippen molar-refractivity contribution in [1.82, 2.24) is 0 Å². The molecular formula is C11H24O3S. The summed E-state index contributed by atoms with van der Waals surface area (Å²) >= 11 is 0. The highest BCUT2D eigenvalue weighted by molar-refractivity contribution is 7.84. The number of carboxylic acids is 1. The Hall–Kier alpha value is -0.380. The van der Waals surface area contributed by atoms with E-state index in [2.05, 4.69) is 13.8 Å². The molecule has 0 aromatic heterocycles. The second-order valence-corrected chi connectivity index (χ2v) is 5.00. The van der Waals surface area contributed by atoms with E-state index < -0.39 is 16.8 Å². The first kappa shape index (κ1) is 17.0. The number of hydrogen-bond acceptors (Lipinski definition) is 2. The Kier molecular flexibility index (Phi) is 15.5. The van der Waals surface area contributed by atoms with Gasteiger partial charge in [0.2, 0.25) is 0 Å². The highest BCUT2D eigenvalue weighted by atomic mass is 32.2. The molecule has 0 spiro atoms. The number of carboxylic acid groups (broad SMARTS) is 1. The fourth-order valence-electron chi connectivity index (χ4n) is 0.713. The van der Waals surface area contributed by atoms with Crippen LogP contribution in [-0.4, -0.2) is 26.8 Å². The van der Waals surface area contributed by atoms with E-state index in [9.17, 15) is 9.00 Å². The van der Waals surface area contributed by atoms with Gasteiger partial charge in [-0.05, 0) is 12.8 Å². The Labute approximate surface area is 95.7 Å². The second-order valence-electron chi connectivity index (χ2n) is 3.30. The first-order chi connectivity index (χ1) is 7.08. The number of rotatable bonds is 7. The summed E-state index contributed by atoms with van der Waals surface area (Å²) in [6.45, 7) is 5.87. The molecule has 0 aliphatic carbocycles. The number of carbonyl (C=O) groups is 1. The van der Waals surface area contributed by atoms with Gasteiger partial charge in [-0.2, -0.15) is 0 Å². The van der Waals surface area contributed by atoms with E-state index in [1.165, 1.54) is 0 Å². The summed E-state index contributed by atoms with van der Waals surface area (Å²) in [5.74, 6) is 1.08. The molecule has 0 amide bonds. The summed E-state index contributed by atoms with van der Waals surface area (Å²) in [5.41, 5.74) is 0. The van der Waals surface area contributed by atoms with Gasteiger partial charge in [0, 0.05) is 28.7 Å². The van der Waals surface area contributed by atoms with Crippen molar-refractivity contribution in [2.45, 2.75) is 52.9 Å². The van der Waals surface area contributed by atoms with Crippen LogP contribution in [0.4, 0.5) is 0 Å². The molecule has 0 aliphatic rings. The molecule has 0 rings (SSSR count). The van der Waals surface area contributed by atoms with Crippen LogP contribution in [0.15, 0.2) is 0 Å². The first-order valence-electron chi connectivity index (χ1n) is 5.65. The van der Waals surface area contributed by atoms with E-state index >= 15 is 0 Å². The van der Waals surface area contributed by atoms with Gasteiger partial charge < -0.3 is 5.11 Å². The molecule has 3 nitrogen and oxygen atoms in total. The van der Waals surface area contributed by atoms with Crippen LogP contribution < -0.4 is 0 Å². The van der Waals surface area contributed by atoms with Gasteiger partial charge in [0.15, 0.2) is 0 Å². The lowest BCUT2D eigenvalue weighted by Crippen LogP contribution is -2.01. The predicted molar refractivity (Wildman–Crippen MR) is 65.6 cm³/mol. The summed E-state index contributed by atoms with van der Waals surface area (Å²) < 4.78 is 11.1. The van der Waals surface area contributed by atoms with Crippen molar-refractivity contribution in [3.8, 4) is 0 Å². The van der Waals surface area contributed by atoms with Gasteiger partial charge in [0.05, 0.1) is 0 Å². The van der Waals surface area contributed by atoms with E-state index in [0.29, 0.717) is 0 Å². The van der Waals surface area contributed by atoms with Crippen molar-refractivity contribution in [2.75, 3.05) is 11.5 Å². The summed E-state index contributed by atoms with van der Waals surface area (Å²) in [6, 6.07) is 0. The average molecular weight is 236 g/mol. The molecule has 0 bridgehead atoms. The third-order valence-corrected chi connectivity index (χ3v) is 3.24. The van der Waals surface area contributed by atoms with E-state index in [4.69, 9.17) is 5.11 Å². The van der Waals surface area contributed by atoms with Gasteiger partial charge in [-0.15, -0.1) is 0 Å². The zero-order valence-electron chi connectivity index (χ0n) is 10.1. The van der Waals surface area contributed by atoms with Crippen LogP contribution in [0.3, 0.4) is 0 Å². The molecule has 0 heterocycles. The van der Waals surface area contributed by atoms with Crippen molar-refractivity contribution in [1.29, 1.82) is 0 Å². The zero-order valence-corrected chi connectivity index (χ0v) is 10.9. The van der Waals surface area contributed by atoms with Crippen LogP contribution in [-0.2, 0) is 15.6 Å². The van der Waals surface area contributed by atoms with Crippen LogP contribution in [0.2, 0.25) is 0 Å². The zero-order chi connectivity index (χ0) is 12.1. The summed E-state index contributed by atoms with van der Waals surface area (Å²) in [6.07, 6.45) is 4.79. The average Bonchev–Trinajstić information content (AvgIpc) is 2.24. The molecule has 0 aromatic carbocycles. The van der Waals surface area contributed by atoms with Crippen LogP contribution in [0.1, 0.15) is 52.9 Å². The van der Waals surface area contributed by atoms with Crippen LogP contribution >= 0.6 is 0 Å². The lowest BCUT2D eigenvalue weighted by atomic mass is 10.4. The van der Waals surface area contributed by atoms with Gasteiger partial charge in [-0.25, -0.2) is 0 Å². The highest BCUT2D eigenvalue weighted by Crippen LogP contribution is 1.95. The standard InChI is InChI=1S/C8H18OS.C3H6O2/c1-3-5-7-10(9)8-6-4-2;1-2-3(4)5/h3-8H2,1-2H3;2H2,1H3,(H,4,5). The van der Waals surface area contributed by atoms with Crippen LogP contribution in [0.5, 0.6) is 0 Å². The van der Waals surface area contributed by atoms with E-state index in [-0.39, 0.29) is 6.42 Å². The Balaban J connectivity index is 0. The van der Waals surface area contributed by atoms with Crippen LogP contribution in [0, 0.1) is 0 Å². The maximum absolute atomic E-state index is 11.1. The van der Waals surface area contributed by atoms with Crippen molar-refractivity contribution < 1.29 is 14.1 Å². The SMILES string of the molecule is CCC(=O)O.CCCCS(=O)CCCC. The third-order valence-electron chi connectivity index (χ3n) is 1.75. The first-order valence-corrected chi connectivity index (χ1v) is 7.13. The molecule has 0 saturated heterocycles. The van der Waals surface area contributed by atoms with Gasteiger partial charge in [0.25, 0.3) is 0 Å². The molecule has 4 heteroatoms. The third kappa shape index (κ3) is 19.9. The van der Waals surface area contributed by atoms with Crippen molar-refractivity contribution in [2.24, 2.45) is 0 Å². The fraction of sp³-hybridized carbons (Fsp3) is 0.909. The highest BCUT2D eigenvalue weighted by Gasteiger charge is 1.96. The molecule has 0 unspecified atom stereocenters. The maximum Gasteiger partial charge on any atom is 0.303 e. The Morgan fingerprint density at radius 3 is 1.60 bits per heavy atom. The van der Waals surface area contributed by atoms with E-state index in [1.807, 2.05) is 0 Å². The summed E-state index contributed by atoms with van der Waals surface area (Å²) in [4.78, 5) is 9.37. The normalized spacial score (nSPS) is 9.60. The van der Waals surface area contributed by atoms with Crippen molar-refractivity contribution >= 4 is 16.8 Å². The van der Waals surface area contributed by atoms with E-state index in [0.717, 1.165) is 37.2 Å². The Bertz CT molecular complexity index is 159. The topological polar surface area (TPSA) is 54.4 Å². The van der Waals surface area contributed by atoms with Gasteiger partial charge in [-0.3, -0.25) is 9.00 Å². The molecule has 0 saturated carbocycles. The van der Waals surface area contributed by atoms with Gasteiger partial charge in [0.1, 0.15) is 0 Å². The summed E-state index contributed by atoms with van der Waals surface area (Å²) in [7, 11) is -0.520. The van der Waals surface area contributed by atoms with Crippen molar-refractivity contribution in [3.05, 3.63) is 0 Å². The van der Waals surface area contributed by atoms with Crippen molar-refractivity contribution in [3.63, 3.8) is 0 Å². The maximum atomic E-state index is 11.1. The lowest BCUT2D eigenvalue weighted by molar-refractivity contribution is -0.136. The van der Waals surface area contributed by atoms with Crippen LogP contribution in [0.25, 0.3) is 0 Å². The minimum absolute atomic E-state index is 0.222. The number of hydrogen-bond donors (Lipinski definition) is 1. The molecule has 92 valence electrons. The molecule has 0 radical (unpaired) electrons. The minimum atomic E-state index is -0.745. The molecular weight excluding hydrogens is 212 g/mol. The molecule has 0 fully saturated rings. The monoisotopic (exact) mass is 236 g/mol. The smallest absolute Gasteiger partial charge is 0.303 e. The molecule has 0 aromatic rings. The predicted octanol–water partition coefficient (Wildman–Crippen LogP) is 2.82. The largest absolute Gasteiger partial charge is 0.481 e. The fourth-order valence-corrected chi connectivity index (χ4v) is 2.14. The second kappa shape index (κ2) is 13.6. The molecule has 15 heavy (non-hydrogen) atoms. The summed E-state index contributed by atoms with van der Waals surface area (Å²) in [5, 5.41) is 7.72. The number of unbranched alkanes of at least 4 members (excludes halogenated alkanes) is 2. The van der Waals surface area contributed by atoms with Gasteiger partial charge in [-0.1, -0.05) is 33.6 Å². The lowest BCUT2D eigenvalue weighted by Gasteiger charge is -1.97.